The van der Waals surface area contributed by atoms with Crippen LogP contribution in [0.25, 0.3) is 22.0 Å². The molecule has 162 valence electrons. The lowest BCUT2D eigenvalue weighted by Gasteiger charge is -2.16. The summed E-state index contributed by atoms with van der Waals surface area (Å²) in [4.78, 5) is 26.5. The lowest BCUT2D eigenvalue weighted by molar-refractivity contribution is -0.152. The summed E-state index contributed by atoms with van der Waals surface area (Å²) in [5, 5.41) is 10.8. The van der Waals surface area contributed by atoms with Gasteiger partial charge in [0, 0.05) is 37.7 Å². The van der Waals surface area contributed by atoms with Crippen molar-refractivity contribution in [2.24, 2.45) is 0 Å². The number of aromatic amines is 1. The molecule has 0 bridgehead atoms. The van der Waals surface area contributed by atoms with Crippen molar-refractivity contribution < 1.29 is 14.3 Å². The molecular formula is C25H24N4O3. The van der Waals surface area contributed by atoms with Gasteiger partial charge in [-0.25, -0.2) is 0 Å². The molecule has 0 aliphatic heterocycles. The Morgan fingerprint density at radius 3 is 2.31 bits per heavy atom. The number of ether oxygens (including phenoxy) is 1. The highest BCUT2D eigenvalue weighted by atomic mass is 16.5. The molecule has 32 heavy (non-hydrogen) atoms. The molecule has 7 nitrogen and oxygen atoms in total. The van der Waals surface area contributed by atoms with E-state index in [9.17, 15) is 9.59 Å². The van der Waals surface area contributed by atoms with Crippen LogP contribution in [0.4, 0.5) is 11.5 Å². The number of hydrogen-bond acceptors (Lipinski definition) is 5. The second kappa shape index (κ2) is 8.93. The van der Waals surface area contributed by atoms with E-state index >= 15 is 0 Å². The summed E-state index contributed by atoms with van der Waals surface area (Å²) in [7, 11) is 4.01. The molecule has 0 radical (unpaired) electrons. The maximum Gasteiger partial charge on any atom is 0.303 e. The lowest BCUT2D eigenvalue weighted by atomic mass is 10.0. The molecule has 2 N–H and O–H groups in total. The van der Waals surface area contributed by atoms with Crippen molar-refractivity contribution in [1.82, 2.24) is 10.2 Å². The third-order valence-corrected chi connectivity index (χ3v) is 5.15. The summed E-state index contributed by atoms with van der Waals surface area (Å²) < 4.78 is 5.27. The minimum absolute atomic E-state index is 0.382. The van der Waals surface area contributed by atoms with E-state index in [-0.39, 0.29) is 0 Å². The molecule has 3 aromatic carbocycles. The van der Waals surface area contributed by atoms with Crippen LogP contribution in [0.5, 0.6) is 0 Å². The zero-order valence-corrected chi connectivity index (χ0v) is 18.1. The van der Waals surface area contributed by atoms with Crippen molar-refractivity contribution in [2.45, 2.75) is 13.0 Å². The Hall–Kier alpha value is -4.13. The van der Waals surface area contributed by atoms with E-state index in [2.05, 4.69) is 44.7 Å². The van der Waals surface area contributed by atoms with Crippen LogP contribution in [0.1, 0.15) is 18.6 Å². The molecule has 7 heteroatoms. The third kappa shape index (κ3) is 4.46. The van der Waals surface area contributed by atoms with E-state index in [1.807, 2.05) is 38.4 Å². The van der Waals surface area contributed by atoms with E-state index in [0.717, 1.165) is 27.7 Å². The number of amides is 1. The molecule has 0 saturated carbocycles. The number of esters is 1. The Labute approximate surface area is 186 Å². The summed E-state index contributed by atoms with van der Waals surface area (Å²) in [6.45, 7) is 1.28. The van der Waals surface area contributed by atoms with Crippen LogP contribution in [0, 0.1) is 0 Å². The maximum absolute atomic E-state index is 12.9. The quantitative estimate of drug-likeness (QED) is 0.440. The predicted molar refractivity (Wildman–Crippen MR) is 125 cm³/mol. The molecule has 1 unspecified atom stereocenters. The first-order valence-corrected chi connectivity index (χ1v) is 10.2. The van der Waals surface area contributed by atoms with Gasteiger partial charge in [0.1, 0.15) is 0 Å². The van der Waals surface area contributed by atoms with Gasteiger partial charge >= 0.3 is 5.97 Å². The number of fused-ring (bicyclic) bond motifs is 1. The number of rotatable bonds is 6. The van der Waals surface area contributed by atoms with Crippen LogP contribution in [-0.4, -0.2) is 36.2 Å². The van der Waals surface area contributed by atoms with Gasteiger partial charge in [-0.2, -0.15) is 5.10 Å². The Bertz CT molecular complexity index is 1250. The number of nitrogens with zero attached hydrogens (tertiary/aromatic N) is 2. The number of anilines is 2. The van der Waals surface area contributed by atoms with E-state index in [4.69, 9.17) is 4.74 Å². The smallest absolute Gasteiger partial charge is 0.303 e. The number of carbonyl (C=O) groups excluding carboxylic acids is 2. The normalized spacial score (nSPS) is 11.7. The fraction of sp³-hybridized carbons (Fsp3) is 0.160. The Kier molecular flexibility index (Phi) is 5.89. The number of hydrogen-bond donors (Lipinski definition) is 2. The highest BCUT2D eigenvalue weighted by Gasteiger charge is 2.25. The highest BCUT2D eigenvalue weighted by Crippen LogP contribution is 2.29. The average molecular weight is 428 g/mol. The molecular weight excluding hydrogens is 404 g/mol. The molecule has 0 spiro atoms. The number of aromatic nitrogens is 2. The van der Waals surface area contributed by atoms with Gasteiger partial charge in [-0.15, -0.1) is 0 Å². The molecule has 0 aliphatic rings. The lowest BCUT2D eigenvalue weighted by Crippen LogP contribution is -2.25. The molecule has 0 saturated heterocycles. The van der Waals surface area contributed by atoms with Crippen LogP contribution in [0.15, 0.2) is 72.8 Å². The van der Waals surface area contributed by atoms with Crippen molar-refractivity contribution in [3.63, 3.8) is 0 Å². The van der Waals surface area contributed by atoms with Crippen LogP contribution in [0.2, 0.25) is 0 Å². The van der Waals surface area contributed by atoms with Gasteiger partial charge in [0.15, 0.2) is 5.82 Å². The first-order chi connectivity index (χ1) is 15.4. The molecule has 1 amide bonds. The summed E-state index contributed by atoms with van der Waals surface area (Å²) >= 11 is 0. The first-order valence-electron chi connectivity index (χ1n) is 10.2. The van der Waals surface area contributed by atoms with Gasteiger partial charge in [0.2, 0.25) is 6.10 Å². The topological polar surface area (TPSA) is 87.3 Å². The first kappa shape index (κ1) is 21.1. The number of H-pyrrole nitrogens is 1. The summed E-state index contributed by atoms with van der Waals surface area (Å²) in [6, 6.07) is 23.0. The third-order valence-electron chi connectivity index (χ3n) is 5.15. The zero-order valence-electron chi connectivity index (χ0n) is 18.1. The second-order valence-electron chi connectivity index (χ2n) is 7.66. The highest BCUT2D eigenvalue weighted by molar-refractivity contribution is 6.02. The van der Waals surface area contributed by atoms with Crippen molar-refractivity contribution >= 4 is 34.3 Å². The average Bonchev–Trinajstić information content (AvgIpc) is 3.19. The van der Waals surface area contributed by atoms with Crippen LogP contribution >= 0.6 is 0 Å². The Balaban J connectivity index is 1.58. The van der Waals surface area contributed by atoms with E-state index in [1.165, 1.54) is 6.92 Å². The minimum atomic E-state index is -1.06. The van der Waals surface area contributed by atoms with E-state index in [1.54, 1.807) is 24.3 Å². The molecule has 1 atom stereocenters. The Morgan fingerprint density at radius 2 is 1.66 bits per heavy atom. The van der Waals surface area contributed by atoms with Crippen molar-refractivity contribution in [2.75, 3.05) is 24.3 Å². The van der Waals surface area contributed by atoms with Crippen molar-refractivity contribution in [3.05, 3.63) is 78.4 Å². The molecule has 1 heterocycles. The molecule has 0 aliphatic carbocycles. The molecule has 4 rings (SSSR count). The van der Waals surface area contributed by atoms with Crippen LogP contribution in [-0.2, 0) is 14.3 Å². The van der Waals surface area contributed by atoms with Crippen molar-refractivity contribution in [1.29, 1.82) is 0 Å². The van der Waals surface area contributed by atoms with Gasteiger partial charge < -0.3 is 15.0 Å². The summed E-state index contributed by atoms with van der Waals surface area (Å²) in [5.74, 6) is -0.624. The van der Waals surface area contributed by atoms with Crippen LogP contribution in [0.3, 0.4) is 0 Å². The molecule has 0 fully saturated rings. The van der Waals surface area contributed by atoms with Crippen LogP contribution < -0.4 is 10.2 Å². The monoisotopic (exact) mass is 428 g/mol. The number of benzene rings is 3. The van der Waals surface area contributed by atoms with Gasteiger partial charge in [-0.05, 0) is 35.4 Å². The molecule has 1 aromatic heterocycles. The Morgan fingerprint density at radius 1 is 0.969 bits per heavy atom. The van der Waals surface area contributed by atoms with Gasteiger partial charge in [0.05, 0.1) is 5.52 Å². The predicted octanol–water partition coefficient (Wildman–Crippen LogP) is 4.54. The summed E-state index contributed by atoms with van der Waals surface area (Å²) in [6.07, 6.45) is -1.06. The maximum atomic E-state index is 12.9. The summed E-state index contributed by atoms with van der Waals surface area (Å²) in [5.41, 5.74) is 4.62. The minimum Gasteiger partial charge on any atom is -0.447 e. The van der Waals surface area contributed by atoms with Gasteiger partial charge in [-0.3, -0.25) is 14.7 Å². The zero-order chi connectivity index (χ0) is 22.7. The standard InChI is InChI=1S/C25H24N4O3/c1-16(30)32-23(18-7-5-4-6-8-18)25(31)26-24-21-14-11-19(15-22(21)27-28-24)17-9-12-20(13-10-17)29(2)3/h4-15,23H,1-3H3,(H2,26,27,28,31). The number of nitrogens with one attached hydrogen (secondary N) is 2. The largest absolute Gasteiger partial charge is 0.447 e. The van der Waals surface area contributed by atoms with Gasteiger partial charge in [0.25, 0.3) is 5.91 Å². The number of carbonyl (C=O) groups is 2. The van der Waals surface area contributed by atoms with Crippen molar-refractivity contribution in [3.8, 4) is 11.1 Å². The second-order valence-corrected chi connectivity index (χ2v) is 7.66. The fourth-order valence-corrected chi connectivity index (χ4v) is 3.50. The fourth-order valence-electron chi connectivity index (χ4n) is 3.50. The molecule has 4 aromatic rings. The van der Waals surface area contributed by atoms with E-state index in [0.29, 0.717) is 11.4 Å². The van der Waals surface area contributed by atoms with Gasteiger partial charge in [-0.1, -0.05) is 48.5 Å². The van der Waals surface area contributed by atoms with E-state index < -0.39 is 18.0 Å². The SMILES string of the molecule is CC(=O)OC(C(=O)Nc1n[nH]c2cc(-c3ccc(N(C)C)cc3)ccc12)c1ccccc1.